The molecule has 2 heteroatoms. The molecule has 2 rings (SSSR count). The number of hydrogen-bond donors (Lipinski definition) is 1. The van der Waals surface area contributed by atoms with Crippen LogP contribution in [0.5, 0.6) is 0 Å². The summed E-state index contributed by atoms with van der Waals surface area (Å²) in [7, 11) is 0. The van der Waals surface area contributed by atoms with E-state index in [1.165, 1.54) is 25.8 Å². The van der Waals surface area contributed by atoms with Gasteiger partial charge in [-0.2, -0.15) is 0 Å². The molecule has 0 spiro atoms. The molecule has 2 nitrogen and oxygen atoms in total. The van der Waals surface area contributed by atoms with Gasteiger partial charge < -0.3 is 10.0 Å². The van der Waals surface area contributed by atoms with E-state index in [0.717, 1.165) is 43.7 Å². The van der Waals surface area contributed by atoms with Crippen LogP contribution in [0.15, 0.2) is 0 Å². The Hall–Kier alpha value is -0.0800. The molecule has 1 saturated heterocycles. The zero-order valence-corrected chi connectivity index (χ0v) is 11.8. The minimum atomic E-state index is -0.416. The minimum absolute atomic E-state index is 0.416. The Morgan fingerprint density at radius 2 is 1.65 bits per heavy atom. The number of likely N-dealkylation sites (tertiary alicyclic amines) is 1. The lowest BCUT2D eigenvalue weighted by atomic mass is 9.79. The van der Waals surface area contributed by atoms with Gasteiger partial charge in [0.1, 0.15) is 0 Å². The summed E-state index contributed by atoms with van der Waals surface area (Å²) in [5.41, 5.74) is -0.416. The molecule has 17 heavy (non-hydrogen) atoms. The van der Waals surface area contributed by atoms with Crippen molar-refractivity contribution in [3.63, 3.8) is 0 Å². The highest BCUT2D eigenvalue weighted by Crippen LogP contribution is 2.33. The first-order valence-corrected chi connectivity index (χ1v) is 7.43. The van der Waals surface area contributed by atoms with Crippen LogP contribution in [-0.2, 0) is 0 Å². The van der Waals surface area contributed by atoms with Gasteiger partial charge in [-0.1, -0.05) is 13.8 Å². The predicted molar refractivity (Wildman–Crippen MR) is 72.0 cm³/mol. The van der Waals surface area contributed by atoms with Gasteiger partial charge >= 0.3 is 0 Å². The van der Waals surface area contributed by atoms with Crippen LogP contribution in [0.2, 0.25) is 0 Å². The molecule has 1 saturated carbocycles. The molecule has 3 unspecified atom stereocenters. The number of nitrogens with zero attached hydrogens (tertiary/aromatic N) is 1. The minimum Gasteiger partial charge on any atom is -0.390 e. The zero-order chi connectivity index (χ0) is 12.5. The van der Waals surface area contributed by atoms with Crippen molar-refractivity contribution in [2.75, 3.05) is 13.1 Å². The van der Waals surface area contributed by atoms with E-state index in [0.29, 0.717) is 0 Å². The van der Waals surface area contributed by atoms with E-state index in [2.05, 4.69) is 18.7 Å². The molecule has 3 atom stereocenters. The summed E-state index contributed by atoms with van der Waals surface area (Å²) < 4.78 is 0. The first-order valence-electron chi connectivity index (χ1n) is 7.43. The second-order valence-electron chi connectivity index (χ2n) is 6.96. The topological polar surface area (TPSA) is 23.5 Å². The van der Waals surface area contributed by atoms with Gasteiger partial charge in [0.05, 0.1) is 5.60 Å². The van der Waals surface area contributed by atoms with Crippen molar-refractivity contribution in [3.8, 4) is 0 Å². The first kappa shape index (κ1) is 13.4. The lowest BCUT2D eigenvalue weighted by Gasteiger charge is -2.39. The summed E-state index contributed by atoms with van der Waals surface area (Å²) in [5.74, 6) is 1.76. The Balaban J connectivity index is 1.93. The normalized spacial score (nSPS) is 45.5. The molecule has 1 aliphatic heterocycles. The van der Waals surface area contributed by atoms with Crippen molar-refractivity contribution in [3.05, 3.63) is 0 Å². The monoisotopic (exact) mass is 239 g/mol. The Labute approximate surface area is 106 Å². The van der Waals surface area contributed by atoms with E-state index < -0.39 is 5.60 Å². The van der Waals surface area contributed by atoms with Gasteiger partial charge in [-0.15, -0.1) is 0 Å². The Morgan fingerprint density at radius 3 is 2.29 bits per heavy atom. The van der Waals surface area contributed by atoms with E-state index in [4.69, 9.17) is 0 Å². The maximum absolute atomic E-state index is 10.1. The molecule has 1 N–H and O–H groups in total. The van der Waals surface area contributed by atoms with Gasteiger partial charge in [-0.05, 0) is 63.8 Å². The molecular weight excluding hydrogens is 210 g/mol. The SMILES string of the molecule is CC1CC(C)CC(N2CCCC(C)(O)CC2)C1. The van der Waals surface area contributed by atoms with Crippen molar-refractivity contribution in [2.45, 2.75) is 70.9 Å². The van der Waals surface area contributed by atoms with E-state index in [9.17, 15) is 5.11 Å². The zero-order valence-electron chi connectivity index (χ0n) is 11.8. The van der Waals surface area contributed by atoms with Crippen molar-refractivity contribution < 1.29 is 5.11 Å². The van der Waals surface area contributed by atoms with Crippen LogP contribution in [0, 0.1) is 11.8 Å². The Bertz CT molecular complexity index is 241. The molecular formula is C15H29NO. The average Bonchev–Trinajstić information content (AvgIpc) is 2.38. The van der Waals surface area contributed by atoms with Gasteiger partial charge in [-0.25, -0.2) is 0 Å². The van der Waals surface area contributed by atoms with Crippen LogP contribution in [-0.4, -0.2) is 34.7 Å². The summed E-state index contributed by atoms with van der Waals surface area (Å²) in [6.45, 7) is 9.09. The van der Waals surface area contributed by atoms with Gasteiger partial charge in [0.2, 0.25) is 0 Å². The number of aliphatic hydroxyl groups is 1. The molecule has 0 amide bonds. The fourth-order valence-corrected chi connectivity index (χ4v) is 3.85. The van der Waals surface area contributed by atoms with Crippen molar-refractivity contribution >= 4 is 0 Å². The van der Waals surface area contributed by atoms with Crippen LogP contribution in [0.4, 0.5) is 0 Å². The summed E-state index contributed by atoms with van der Waals surface area (Å²) >= 11 is 0. The highest BCUT2D eigenvalue weighted by atomic mass is 16.3. The Kier molecular flexibility index (Phi) is 4.14. The fraction of sp³-hybridized carbons (Fsp3) is 1.00. The molecule has 1 heterocycles. The number of hydrogen-bond acceptors (Lipinski definition) is 2. The second-order valence-corrected chi connectivity index (χ2v) is 6.96. The lowest BCUT2D eigenvalue weighted by Crippen LogP contribution is -2.41. The van der Waals surface area contributed by atoms with E-state index in [-0.39, 0.29) is 0 Å². The van der Waals surface area contributed by atoms with Crippen molar-refractivity contribution in [2.24, 2.45) is 11.8 Å². The van der Waals surface area contributed by atoms with Crippen molar-refractivity contribution in [1.82, 2.24) is 4.90 Å². The highest BCUT2D eigenvalue weighted by Gasteiger charge is 2.32. The van der Waals surface area contributed by atoms with Crippen LogP contribution < -0.4 is 0 Å². The summed E-state index contributed by atoms with van der Waals surface area (Å²) in [6, 6.07) is 0.780. The maximum atomic E-state index is 10.1. The Morgan fingerprint density at radius 1 is 1.00 bits per heavy atom. The van der Waals surface area contributed by atoms with Crippen LogP contribution >= 0.6 is 0 Å². The average molecular weight is 239 g/mol. The third-order valence-corrected chi connectivity index (χ3v) is 4.77. The van der Waals surface area contributed by atoms with Gasteiger partial charge in [-0.3, -0.25) is 0 Å². The third kappa shape index (κ3) is 3.69. The molecule has 1 aliphatic carbocycles. The smallest absolute Gasteiger partial charge is 0.0632 e. The standard InChI is InChI=1S/C15H29NO/c1-12-9-13(2)11-14(10-12)16-7-4-5-15(3,17)6-8-16/h12-14,17H,4-11H2,1-3H3. The summed E-state index contributed by atoms with van der Waals surface area (Å²) in [4.78, 5) is 2.66. The third-order valence-electron chi connectivity index (χ3n) is 4.77. The van der Waals surface area contributed by atoms with Gasteiger partial charge in [0, 0.05) is 12.6 Å². The lowest BCUT2D eigenvalue weighted by molar-refractivity contribution is 0.0399. The fourth-order valence-electron chi connectivity index (χ4n) is 3.85. The molecule has 0 aromatic rings. The largest absolute Gasteiger partial charge is 0.390 e. The van der Waals surface area contributed by atoms with Gasteiger partial charge in [0.15, 0.2) is 0 Å². The van der Waals surface area contributed by atoms with E-state index >= 15 is 0 Å². The molecule has 2 fully saturated rings. The predicted octanol–water partition coefficient (Wildman–Crippen LogP) is 3.05. The summed E-state index contributed by atoms with van der Waals surface area (Å²) in [5, 5.41) is 10.1. The first-order chi connectivity index (χ1) is 7.96. The van der Waals surface area contributed by atoms with E-state index in [1.54, 1.807) is 0 Å². The molecule has 0 aromatic heterocycles. The highest BCUT2D eigenvalue weighted by molar-refractivity contribution is 4.86. The molecule has 100 valence electrons. The molecule has 2 aliphatic rings. The van der Waals surface area contributed by atoms with Crippen LogP contribution in [0.1, 0.15) is 59.3 Å². The molecule has 0 bridgehead atoms. The van der Waals surface area contributed by atoms with Crippen LogP contribution in [0.25, 0.3) is 0 Å². The quantitative estimate of drug-likeness (QED) is 0.760. The molecule has 0 aromatic carbocycles. The summed E-state index contributed by atoms with van der Waals surface area (Å²) in [6.07, 6.45) is 7.22. The molecule has 0 radical (unpaired) electrons. The maximum Gasteiger partial charge on any atom is 0.0632 e. The van der Waals surface area contributed by atoms with Crippen molar-refractivity contribution in [1.29, 1.82) is 0 Å². The second kappa shape index (κ2) is 5.27. The van der Waals surface area contributed by atoms with E-state index in [1.807, 2.05) is 6.92 Å². The van der Waals surface area contributed by atoms with Gasteiger partial charge in [0.25, 0.3) is 0 Å². The number of rotatable bonds is 1. The van der Waals surface area contributed by atoms with Crippen LogP contribution in [0.3, 0.4) is 0 Å².